The van der Waals surface area contributed by atoms with Gasteiger partial charge in [-0.15, -0.1) is 5.11 Å². The number of carbonyl (C=O) groups is 1. The van der Waals surface area contributed by atoms with E-state index in [1.807, 2.05) is 62.4 Å². The van der Waals surface area contributed by atoms with E-state index in [9.17, 15) is 4.79 Å². The minimum absolute atomic E-state index is 0.161. The van der Waals surface area contributed by atoms with Gasteiger partial charge in [0.2, 0.25) is 0 Å². The third-order valence-corrected chi connectivity index (χ3v) is 6.41. The first-order chi connectivity index (χ1) is 20.3. The van der Waals surface area contributed by atoms with Gasteiger partial charge in [-0.25, -0.2) is 4.79 Å². The van der Waals surface area contributed by atoms with Crippen molar-refractivity contribution >= 4 is 62.7 Å². The molecule has 212 valence electrons. The smallest absolute Gasteiger partial charge is 0.330 e. The summed E-state index contributed by atoms with van der Waals surface area (Å²) >= 11 is 0. The molecule has 0 aromatic heterocycles. The molecule has 8 nitrogen and oxygen atoms in total. The zero-order valence-corrected chi connectivity index (χ0v) is 23.7. The number of anilines is 2. The summed E-state index contributed by atoms with van der Waals surface area (Å²) in [5.41, 5.74) is 17.8. The summed E-state index contributed by atoms with van der Waals surface area (Å²) in [4.78, 5) is 15.0. The number of nitrogens with two attached hydrogens (primary N) is 2. The molecule has 0 aliphatic rings. The lowest BCUT2D eigenvalue weighted by Crippen LogP contribution is -2.09. The van der Waals surface area contributed by atoms with Crippen molar-refractivity contribution in [2.45, 2.75) is 13.8 Å². The number of azo groups is 1. The van der Waals surface area contributed by atoms with Crippen LogP contribution in [0.1, 0.15) is 11.1 Å². The second-order valence-electron chi connectivity index (χ2n) is 9.52. The standard InChI is InChI=1S/C23H21N3O3.C11H12N2/c1-4-23(27)29-14-13-28-18-8-6-17(7-9-18)25-26-22-12-11-21(24-3)20-15-16(2)5-10-19(20)22;1-7-2-3-8-9(6-7)11(13)5-4-10(8)12/h4-12,15H,1,3,13-14H2,2H3;2-6H,12-13H2,1H3. The monoisotopic (exact) mass is 559 g/mol. The topological polar surface area (TPSA) is 125 Å². The van der Waals surface area contributed by atoms with Crippen LogP contribution in [-0.2, 0) is 9.53 Å². The lowest BCUT2D eigenvalue weighted by atomic mass is 10.0. The molecule has 4 N–H and O–H groups in total. The quantitative estimate of drug-likeness (QED) is 0.0494. The predicted molar refractivity (Wildman–Crippen MR) is 173 cm³/mol. The zero-order chi connectivity index (χ0) is 30.1. The van der Waals surface area contributed by atoms with Crippen LogP contribution in [0.4, 0.5) is 28.4 Å². The van der Waals surface area contributed by atoms with E-state index in [1.54, 1.807) is 24.3 Å². The number of nitrogens with zero attached hydrogens (tertiary/aromatic N) is 3. The van der Waals surface area contributed by atoms with E-state index in [0.717, 1.165) is 55.9 Å². The molecule has 5 aromatic rings. The average Bonchev–Trinajstić information content (AvgIpc) is 3.00. The Balaban J connectivity index is 0.000000258. The maximum Gasteiger partial charge on any atom is 0.330 e. The molecule has 0 amide bonds. The highest BCUT2D eigenvalue weighted by molar-refractivity contribution is 6.01. The van der Waals surface area contributed by atoms with Gasteiger partial charge in [0, 0.05) is 39.0 Å². The molecule has 0 saturated carbocycles. The number of hydrogen-bond donors (Lipinski definition) is 2. The summed E-state index contributed by atoms with van der Waals surface area (Å²) in [5.74, 6) is 0.185. The number of esters is 1. The molecular formula is C34H33N5O3. The third kappa shape index (κ3) is 7.37. The molecule has 8 heteroatoms. The van der Waals surface area contributed by atoms with E-state index >= 15 is 0 Å². The fourth-order valence-electron chi connectivity index (χ4n) is 4.24. The Hall–Kier alpha value is -5.50. The number of fused-ring (bicyclic) bond motifs is 2. The Kier molecular flexibility index (Phi) is 9.63. The van der Waals surface area contributed by atoms with E-state index in [2.05, 4.69) is 40.7 Å². The fourth-order valence-corrected chi connectivity index (χ4v) is 4.24. The van der Waals surface area contributed by atoms with Gasteiger partial charge in [0.1, 0.15) is 19.0 Å². The predicted octanol–water partition coefficient (Wildman–Crippen LogP) is 8.32. The van der Waals surface area contributed by atoms with Crippen LogP contribution in [0, 0.1) is 13.8 Å². The van der Waals surface area contributed by atoms with Crippen molar-refractivity contribution in [1.82, 2.24) is 0 Å². The van der Waals surface area contributed by atoms with E-state index in [4.69, 9.17) is 20.9 Å². The summed E-state index contributed by atoms with van der Waals surface area (Å²) in [6.07, 6.45) is 1.12. The van der Waals surface area contributed by atoms with E-state index < -0.39 is 5.97 Å². The first-order valence-electron chi connectivity index (χ1n) is 13.3. The Morgan fingerprint density at radius 1 is 0.738 bits per heavy atom. The van der Waals surface area contributed by atoms with Gasteiger partial charge in [-0.1, -0.05) is 42.0 Å². The molecule has 0 spiro atoms. The molecule has 0 radical (unpaired) electrons. The van der Waals surface area contributed by atoms with Gasteiger partial charge in [-0.3, -0.25) is 4.99 Å². The van der Waals surface area contributed by atoms with Crippen LogP contribution in [0.2, 0.25) is 0 Å². The summed E-state index contributed by atoms with van der Waals surface area (Å²) in [5, 5.41) is 12.8. The maximum absolute atomic E-state index is 11.0. The minimum atomic E-state index is -0.469. The highest BCUT2D eigenvalue weighted by Crippen LogP contribution is 2.35. The number of aryl methyl sites for hydroxylation is 2. The Morgan fingerprint density at radius 3 is 2.02 bits per heavy atom. The van der Waals surface area contributed by atoms with E-state index in [0.29, 0.717) is 11.4 Å². The number of aliphatic imine (C=N–C) groups is 1. The number of carbonyl (C=O) groups excluding carboxylic acids is 1. The van der Waals surface area contributed by atoms with Crippen LogP contribution in [-0.4, -0.2) is 25.9 Å². The van der Waals surface area contributed by atoms with Crippen molar-refractivity contribution in [3.63, 3.8) is 0 Å². The van der Waals surface area contributed by atoms with Crippen molar-refractivity contribution in [3.05, 3.63) is 109 Å². The molecular weight excluding hydrogens is 526 g/mol. The summed E-state index contributed by atoms with van der Waals surface area (Å²) in [6.45, 7) is 11.5. The molecule has 0 aliphatic heterocycles. The zero-order valence-electron chi connectivity index (χ0n) is 23.7. The second kappa shape index (κ2) is 13.7. The SMILES string of the molecule is C=CC(=O)OCCOc1ccc(N=Nc2ccc(N=C)c3cc(C)ccc23)cc1.Cc1ccc2c(N)ccc(N)c2c1. The van der Waals surface area contributed by atoms with Crippen LogP contribution in [0.15, 0.2) is 113 Å². The number of ether oxygens (including phenoxy) is 2. The molecule has 5 aromatic carbocycles. The molecule has 0 aliphatic carbocycles. The van der Waals surface area contributed by atoms with E-state index in [1.165, 1.54) is 5.56 Å². The van der Waals surface area contributed by atoms with Crippen LogP contribution >= 0.6 is 0 Å². The third-order valence-electron chi connectivity index (χ3n) is 6.41. The number of nitrogen functional groups attached to an aromatic ring is 2. The van der Waals surface area contributed by atoms with Crippen LogP contribution in [0.3, 0.4) is 0 Å². The van der Waals surface area contributed by atoms with Crippen LogP contribution in [0.25, 0.3) is 21.5 Å². The van der Waals surface area contributed by atoms with Crippen molar-refractivity contribution in [1.29, 1.82) is 0 Å². The van der Waals surface area contributed by atoms with Crippen molar-refractivity contribution < 1.29 is 14.3 Å². The Labute approximate surface area is 245 Å². The number of hydrogen-bond acceptors (Lipinski definition) is 8. The molecule has 5 rings (SSSR count). The lowest BCUT2D eigenvalue weighted by molar-refractivity contribution is -0.138. The van der Waals surface area contributed by atoms with Gasteiger partial charge >= 0.3 is 5.97 Å². The number of benzene rings is 5. The van der Waals surface area contributed by atoms with Gasteiger partial charge in [-0.2, -0.15) is 5.11 Å². The second-order valence-corrected chi connectivity index (χ2v) is 9.52. The van der Waals surface area contributed by atoms with Crippen molar-refractivity contribution in [2.24, 2.45) is 15.2 Å². The normalized spacial score (nSPS) is 10.7. The molecule has 0 bridgehead atoms. The molecule has 0 fully saturated rings. The van der Waals surface area contributed by atoms with Gasteiger partial charge < -0.3 is 20.9 Å². The first kappa shape index (κ1) is 29.5. The molecule has 42 heavy (non-hydrogen) atoms. The molecule has 0 heterocycles. The fraction of sp³-hybridized carbons (Fsp3) is 0.118. The van der Waals surface area contributed by atoms with Crippen LogP contribution in [0.5, 0.6) is 5.75 Å². The average molecular weight is 560 g/mol. The summed E-state index contributed by atoms with van der Waals surface area (Å²) in [6, 6.07) is 26.9. The van der Waals surface area contributed by atoms with E-state index in [-0.39, 0.29) is 13.2 Å². The summed E-state index contributed by atoms with van der Waals surface area (Å²) in [7, 11) is 0. The maximum atomic E-state index is 11.0. The highest BCUT2D eigenvalue weighted by Gasteiger charge is 2.06. The van der Waals surface area contributed by atoms with Gasteiger partial charge in [-0.05, 0) is 81.2 Å². The lowest BCUT2D eigenvalue weighted by Gasteiger charge is -2.07. The Bertz CT molecular complexity index is 1780. The minimum Gasteiger partial charge on any atom is -0.490 e. The molecule has 0 unspecified atom stereocenters. The Morgan fingerprint density at radius 2 is 1.36 bits per heavy atom. The number of rotatable bonds is 8. The van der Waals surface area contributed by atoms with Gasteiger partial charge in [0.25, 0.3) is 0 Å². The van der Waals surface area contributed by atoms with Crippen molar-refractivity contribution in [2.75, 3.05) is 24.7 Å². The largest absolute Gasteiger partial charge is 0.490 e. The van der Waals surface area contributed by atoms with Gasteiger partial charge in [0.05, 0.1) is 17.1 Å². The first-order valence-corrected chi connectivity index (χ1v) is 13.3. The van der Waals surface area contributed by atoms with Crippen molar-refractivity contribution in [3.8, 4) is 5.75 Å². The highest BCUT2D eigenvalue weighted by atomic mass is 16.6. The molecule has 0 saturated heterocycles. The molecule has 0 atom stereocenters. The van der Waals surface area contributed by atoms with Gasteiger partial charge in [0.15, 0.2) is 0 Å². The summed E-state index contributed by atoms with van der Waals surface area (Å²) < 4.78 is 10.4. The van der Waals surface area contributed by atoms with Crippen LogP contribution < -0.4 is 16.2 Å².